The molecular formula is C27H27F3N2O3. The predicted molar refractivity (Wildman–Crippen MR) is 126 cm³/mol. The number of ether oxygens (including phenoxy) is 1. The lowest BCUT2D eigenvalue weighted by Crippen LogP contribution is -2.50. The highest BCUT2D eigenvalue weighted by Gasteiger charge is 2.44. The van der Waals surface area contributed by atoms with E-state index in [9.17, 15) is 23.1 Å². The summed E-state index contributed by atoms with van der Waals surface area (Å²) in [5, 5.41) is 10.2. The van der Waals surface area contributed by atoms with Gasteiger partial charge in [-0.3, -0.25) is 0 Å². The van der Waals surface area contributed by atoms with E-state index in [4.69, 9.17) is 10.5 Å². The molecule has 3 atom stereocenters. The van der Waals surface area contributed by atoms with Gasteiger partial charge < -0.3 is 20.5 Å². The average Bonchev–Trinajstić information content (AvgIpc) is 2.84. The minimum absolute atomic E-state index is 0.00160. The van der Waals surface area contributed by atoms with E-state index in [-0.39, 0.29) is 24.6 Å². The maximum absolute atomic E-state index is 14.1. The Morgan fingerprint density at radius 2 is 1.69 bits per heavy atom. The van der Waals surface area contributed by atoms with Crippen molar-refractivity contribution in [2.75, 3.05) is 13.1 Å². The fourth-order valence-electron chi connectivity index (χ4n) is 4.55. The molecule has 1 saturated heterocycles. The summed E-state index contributed by atoms with van der Waals surface area (Å²) in [6, 6.07) is 15.8. The van der Waals surface area contributed by atoms with Crippen molar-refractivity contribution >= 4 is 6.09 Å². The molecule has 1 aliphatic heterocycles. The standard InChI is InChI=1S/C27H27F3N2O3/c1-17(18-2-4-19(5-3-18)24-11-10-22(29)14-25(24)30)32-13-12-27(35-26(32)34,15-23(33)16-31)20-6-8-21(28)9-7-20/h2-11,14,17,23,33H,12-13,15-16,31H2,1H3/t17?,23-,27-/m0/s1. The maximum Gasteiger partial charge on any atom is 0.411 e. The highest BCUT2D eigenvalue weighted by atomic mass is 19.1. The molecule has 35 heavy (non-hydrogen) atoms. The quantitative estimate of drug-likeness (QED) is 0.479. The van der Waals surface area contributed by atoms with Gasteiger partial charge in [0.25, 0.3) is 0 Å². The molecule has 1 amide bonds. The van der Waals surface area contributed by atoms with Crippen LogP contribution in [0.1, 0.15) is 36.9 Å². The number of aliphatic hydroxyl groups excluding tert-OH is 1. The molecule has 3 aromatic rings. The van der Waals surface area contributed by atoms with Gasteiger partial charge in [-0.15, -0.1) is 0 Å². The molecule has 0 radical (unpaired) electrons. The van der Waals surface area contributed by atoms with Crippen LogP contribution >= 0.6 is 0 Å². The molecule has 3 N–H and O–H groups in total. The van der Waals surface area contributed by atoms with Gasteiger partial charge in [0.1, 0.15) is 23.1 Å². The van der Waals surface area contributed by atoms with E-state index in [2.05, 4.69) is 0 Å². The molecule has 0 aromatic heterocycles. The fraction of sp³-hybridized carbons (Fsp3) is 0.296. The maximum atomic E-state index is 14.1. The van der Waals surface area contributed by atoms with Crippen LogP contribution in [0.15, 0.2) is 66.7 Å². The topological polar surface area (TPSA) is 75.8 Å². The number of hydrogen-bond donors (Lipinski definition) is 2. The monoisotopic (exact) mass is 484 g/mol. The Bertz CT molecular complexity index is 1190. The first-order valence-electron chi connectivity index (χ1n) is 11.4. The molecule has 1 aliphatic rings. The van der Waals surface area contributed by atoms with E-state index in [1.807, 2.05) is 6.92 Å². The van der Waals surface area contributed by atoms with Crippen LogP contribution in [0.2, 0.25) is 0 Å². The first-order chi connectivity index (χ1) is 16.7. The van der Waals surface area contributed by atoms with Gasteiger partial charge in [0.05, 0.1) is 12.1 Å². The molecule has 0 aliphatic carbocycles. The summed E-state index contributed by atoms with van der Waals surface area (Å²) in [6.07, 6.45) is -0.978. The van der Waals surface area contributed by atoms with Crippen LogP contribution in [0.5, 0.6) is 0 Å². The fourth-order valence-corrected chi connectivity index (χ4v) is 4.55. The molecule has 0 spiro atoms. The largest absolute Gasteiger partial charge is 0.438 e. The zero-order valence-corrected chi connectivity index (χ0v) is 19.3. The second-order valence-corrected chi connectivity index (χ2v) is 8.83. The SMILES string of the molecule is CC(c1ccc(-c2ccc(F)cc2F)cc1)N1CC[C@](C[C@H](O)CN)(c2ccc(F)cc2)OC1=O. The van der Waals surface area contributed by atoms with Crippen molar-refractivity contribution in [1.82, 2.24) is 4.90 Å². The molecule has 1 heterocycles. The van der Waals surface area contributed by atoms with Gasteiger partial charge in [-0.1, -0.05) is 36.4 Å². The zero-order valence-electron chi connectivity index (χ0n) is 19.3. The number of halogens is 3. The molecule has 8 heteroatoms. The summed E-state index contributed by atoms with van der Waals surface area (Å²) in [6.45, 7) is 2.19. The molecule has 0 bridgehead atoms. The van der Waals surface area contributed by atoms with Crippen molar-refractivity contribution in [1.29, 1.82) is 0 Å². The summed E-state index contributed by atoms with van der Waals surface area (Å²) >= 11 is 0. The van der Waals surface area contributed by atoms with Crippen LogP contribution in [0.4, 0.5) is 18.0 Å². The zero-order chi connectivity index (χ0) is 25.2. The van der Waals surface area contributed by atoms with Crippen LogP contribution in [-0.4, -0.2) is 35.3 Å². The molecule has 184 valence electrons. The number of nitrogens with zero attached hydrogens (tertiary/aromatic N) is 1. The van der Waals surface area contributed by atoms with Gasteiger partial charge >= 0.3 is 6.09 Å². The molecule has 5 nitrogen and oxygen atoms in total. The minimum Gasteiger partial charge on any atom is -0.438 e. The van der Waals surface area contributed by atoms with Crippen molar-refractivity contribution in [3.8, 4) is 11.1 Å². The van der Waals surface area contributed by atoms with E-state index in [1.165, 1.54) is 24.3 Å². The van der Waals surface area contributed by atoms with Gasteiger partial charge in [-0.25, -0.2) is 18.0 Å². The third-order valence-electron chi connectivity index (χ3n) is 6.58. The summed E-state index contributed by atoms with van der Waals surface area (Å²) in [5.41, 5.74) is 6.76. The highest BCUT2D eigenvalue weighted by molar-refractivity contribution is 5.70. The Labute approximate surface area is 201 Å². The predicted octanol–water partition coefficient (Wildman–Crippen LogP) is 5.28. The van der Waals surface area contributed by atoms with E-state index >= 15 is 0 Å². The lowest BCUT2D eigenvalue weighted by molar-refractivity contribution is -0.0826. The van der Waals surface area contributed by atoms with E-state index < -0.39 is 35.2 Å². The van der Waals surface area contributed by atoms with Crippen LogP contribution in [-0.2, 0) is 10.3 Å². The molecular weight excluding hydrogens is 457 g/mol. The third-order valence-corrected chi connectivity index (χ3v) is 6.58. The lowest BCUT2D eigenvalue weighted by Gasteiger charge is -2.44. The van der Waals surface area contributed by atoms with Crippen LogP contribution < -0.4 is 5.73 Å². The van der Waals surface area contributed by atoms with E-state index in [0.717, 1.165) is 11.6 Å². The second-order valence-electron chi connectivity index (χ2n) is 8.83. The van der Waals surface area contributed by atoms with Gasteiger partial charge in [-0.2, -0.15) is 0 Å². The molecule has 4 rings (SSSR count). The van der Waals surface area contributed by atoms with Gasteiger partial charge in [0, 0.05) is 37.6 Å². The van der Waals surface area contributed by atoms with Crippen LogP contribution in [0.3, 0.4) is 0 Å². The number of amides is 1. The van der Waals surface area contributed by atoms with E-state index in [0.29, 0.717) is 24.1 Å². The van der Waals surface area contributed by atoms with Crippen molar-refractivity contribution in [2.45, 2.75) is 37.5 Å². The summed E-state index contributed by atoms with van der Waals surface area (Å²) in [7, 11) is 0. The highest BCUT2D eigenvalue weighted by Crippen LogP contribution is 2.40. The number of carbonyl (C=O) groups is 1. The number of benzene rings is 3. The molecule has 3 aromatic carbocycles. The smallest absolute Gasteiger partial charge is 0.411 e. The Morgan fingerprint density at radius 3 is 2.29 bits per heavy atom. The number of carbonyl (C=O) groups excluding carboxylic acids is 1. The number of aliphatic hydroxyl groups is 1. The number of cyclic esters (lactones) is 1. The molecule has 1 fully saturated rings. The van der Waals surface area contributed by atoms with Crippen LogP contribution in [0.25, 0.3) is 11.1 Å². The van der Waals surface area contributed by atoms with Crippen LogP contribution in [0, 0.1) is 17.5 Å². The van der Waals surface area contributed by atoms with Gasteiger partial charge in [0.2, 0.25) is 0 Å². The van der Waals surface area contributed by atoms with Gasteiger partial charge in [-0.05, 0) is 47.9 Å². The summed E-state index contributed by atoms with van der Waals surface area (Å²) < 4.78 is 46.8. The Kier molecular flexibility index (Phi) is 7.14. The van der Waals surface area contributed by atoms with Crippen molar-refractivity contribution < 1.29 is 27.8 Å². The van der Waals surface area contributed by atoms with Crippen molar-refractivity contribution in [2.24, 2.45) is 5.73 Å². The normalized spacial score (nSPS) is 19.8. The summed E-state index contributed by atoms with van der Waals surface area (Å²) in [4.78, 5) is 14.7. The molecule has 0 saturated carbocycles. The summed E-state index contributed by atoms with van der Waals surface area (Å²) in [5.74, 6) is -1.71. The number of nitrogens with two attached hydrogens (primary N) is 1. The Morgan fingerprint density at radius 1 is 1.03 bits per heavy atom. The minimum atomic E-state index is -1.12. The van der Waals surface area contributed by atoms with Crippen molar-refractivity contribution in [3.05, 3.63) is 95.3 Å². The van der Waals surface area contributed by atoms with Gasteiger partial charge in [0.15, 0.2) is 0 Å². The Hall–Kier alpha value is -3.36. The second kappa shape index (κ2) is 10.1. The van der Waals surface area contributed by atoms with E-state index in [1.54, 1.807) is 41.3 Å². The Balaban J connectivity index is 1.53. The first-order valence-corrected chi connectivity index (χ1v) is 11.4. The molecule has 1 unspecified atom stereocenters. The first kappa shape index (κ1) is 24.8. The third kappa shape index (κ3) is 5.18. The average molecular weight is 485 g/mol. The van der Waals surface area contributed by atoms with Crippen molar-refractivity contribution in [3.63, 3.8) is 0 Å². The number of rotatable bonds is 7. The number of hydrogen-bond acceptors (Lipinski definition) is 4. The lowest BCUT2D eigenvalue weighted by atomic mass is 9.83.